The minimum atomic E-state index is 0.233. The number of rotatable bonds is 3. The molecular formula is C19H19N5. The van der Waals surface area contributed by atoms with Gasteiger partial charge in [-0.15, -0.1) is 5.11 Å². The molecule has 0 unspecified atom stereocenters. The molecule has 2 aromatic carbocycles. The van der Waals surface area contributed by atoms with Gasteiger partial charge in [-0.2, -0.15) is 5.11 Å². The minimum Gasteiger partial charge on any atom is -0.368 e. The number of hydrogen-bond donors (Lipinski definition) is 1. The third kappa shape index (κ3) is 3.30. The fraction of sp³-hybridized carbons (Fsp3) is 0.158. The van der Waals surface area contributed by atoms with Crippen molar-refractivity contribution in [1.29, 1.82) is 0 Å². The summed E-state index contributed by atoms with van der Waals surface area (Å²) in [7, 11) is 0. The molecule has 24 heavy (non-hydrogen) atoms. The SMILES string of the molecule is Cc1ccc(N=Nc2c(C)nc(N)nc2-c2ccccc2)c(C)c1. The molecule has 0 bridgehead atoms. The molecule has 0 fully saturated rings. The van der Waals surface area contributed by atoms with Crippen molar-refractivity contribution in [2.75, 3.05) is 5.73 Å². The normalized spacial score (nSPS) is 11.1. The summed E-state index contributed by atoms with van der Waals surface area (Å²) in [5, 5.41) is 8.83. The van der Waals surface area contributed by atoms with E-state index in [4.69, 9.17) is 5.73 Å². The van der Waals surface area contributed by atoms with Gasteiger partial charge in [0.2, 0.25) is 5.95 Å². The number of aromatic nitrogens is 2. The van der Waals surface area contributed by atoms with Gasteiger partial charge in [-0.3, -0.25) is 0 Å². The summed E-state index contributed by atoms with van der Waals surface area (Å²) < 4.78 is 0. The summed E-state index contributed by atoms with van der Waals surface area (Å²) in [6, 6.07) is 15.9. The molecule has 3 aromatic rings. The lowest BCUT2D eigenvalue weighted by atomic mass is 10.1. The second-order valence-corrected chi connectivity index (χ2v) is 5.72. The van der Waals surface area contributed by atoms with E-state index in [-0.39, 0.29) is 5.95 Å². The van der Waals surface area contributed by atoms with Gasteiger partial charge in [0.15, 0.2) is 0 Å². The van der Waals surface area contributed by atoms with E-state index >= 15 is 0 Å². The van der Waals surface area contributed by atoms with Gasteiger partial charge in [-0.1, -0.05) is 48.0 Å². The molecule has 0 spiro atoms. The smallest absolute Gasteiger partial charge is 0.220 e. The van der Waals surface area contributed by atoms with E-state index in [0.717, 1.165) is 16.8 Å². The highest BCUT2D eigenvalue weighted by Gasteiger charge is 2.12. The van der Waals surface area contributed by atoms with Crippen LogP contribution in [0.15, 0.2) is 58.8 Å². The van der Waals surface area contributed by atoms with E-state index in [9.17, 15) is 0 Å². The predicted octanol–water partition coefficient (Wildman–Crippen LogP) is 5.07. The average molecular weight is 317 g/mol. The van der Waals surface area contributed by atoms with Gasteiger partial charge in [0.1, 0.15) is 11.4 Å². The summed E-state index contributed by atoms with van der Waals surface area (Å²) in [5.41, 5.74) is 11.9. The number of benzene rings is 2. The lowest BCUT2D eigenvalue weighted by molar-refractivity contribution is 1.08. The Kier molecular flexibility index (Phi) is 4.33. The topological polar surface area (TPSA) is 76.5 Å². The maximum atomic E-state index is 5.82. The van der Waals surface area contributed by atoms with E-state index in [2.05, 4.69) is 33.2 Å². The standard InChI is InChI=1S/C19H19N5/c1-12-9-10-16(13(2)11-12)23-24-17-14(3)21-19(20)22-18(17)15-7-5-4-6-8-15/h4-11H,1-3H3,(H2,20,21,22). The lowest BCUT2D eigenvalue weighted by Gasteiger charge is -2.08. The lowest BCUT2D eigenvalue weighted by Crippen LogP contribution is -1.99. The first kappa shape index (κ1) is 15.8. The summed E-state index contributed by atoms with van der Waals surface area (Å²) in [6.45, 7) is 5.94. The third-order valence-corrected chi connectivity index (χ3v) is 3.73. The van der Waals surface area contributed by atoms with Crippen molar-refractivity contribution in [3.8, 4) is 11.3 Å². The van der Waals surface area contributed by atoms with Gasteiger partial charge in [0, 0.05) is 5.56 Å². The van der Waals surface area contributed by atoms with Crippen LogP contribution >= 0.6 is 0 Å². The van der Waals surface area contributed by atoms with Crippen molar-refractivity contribution >= 4 is 17.3 Å². The van der Waals surface area contributed by atoms with E-state index in [1.807, 2.05) is 56.3 Å². The molecule has 0 amide bonds. The predicted molar refractivity (Wildman–Crippen MR) is 96.7 cm³/mol. The molecule has 0 aliphatic heterocycles. The molecule has 3 rings (SSSR count). The van der Waals surface area contributed by atoms with Crippen LogP contribution in [-0.4, -0.2) is 9.97 Å². The van der Waals surface area contributed by atoms with Crippen LogP contribution in [0.5, 0.6) is 0 Å². The second kappa shape index (κ2) is 6.58. The zero-order valence-corrected chi connectivity index (χ0v) is 14.0. The van der Waals surface area contributed by atoms with Crippen molar-refractivity contribution in [2.45, 2.75) is 20.8 Å². The monoisotopic (exact) mass is 317 g/mol. The van der Waals surface area contributed by atoms with Crippen molar-refractivity contribution in [3.63, 3.8) is 0 Å². The minimum absolute atomic E-state index is 0.233. The molecule has 0 saturated heterocycles. The number of hydrogen-bond acceptors (Lipinski definition) is 5. The Labute approximate surface area is 141 Å². The van der Waals surface area contributed by atoms with Crippen molar-refractivity contribution in [3.05, 3.63) is 65.4 Å². The zero-order chi connectivity index (χ0) is 17.1. The Hall–Kier alpha value is -3.08. The molecule has 0 aliphatic rings. The molecular weight excluding hydrogens is 298 g/mol. The van der Waals surface area contributed by atoms with Crippen LogP contribution in [0.25, 0.3) is 11.3 Å². The van der Waals surface area contributed by atoms with Crippen LogP contribution in [-0.2, 0) is 0 Å². The summed E-state index contributed by atoms with van der Waals surface area (Å²) in [6.07, 6.45) is 0. The molecule has 120 valence electrons. The largest absolute Gasteiger partial charge is 0.368 e. The van der Waals surface area contributed by atoms with Crippen LogP contribution in [0.2, 0.25) is 0 Å². The third-order valence-electron chi connectivity index (χ3n) is 3.73. The van der Waals surface area contributed by atoms with E-state index < -0.39 is 0 Å². The Morgan fingerprint density at radius 2 is 1.62 bits per heavy atom. The van der Waals surface area contributed by atoms with Crippen LogP contribution in [0.3, 0.4) is 0 Å². The molecule has 0 aliphatic carbocycles. The van der Waals surface area contributed by atoms with Gasteiger partial charge in [0.05, 0.1) is 11.4 Å². The molecule has 5 heteroatoms. The first-order valence-corrected chi connectivity index (χ1v) is 7.73. The second-order valence-electron chi connectivity index (χ2n) is 5.72. The van der Waals surface area contributed by atoms with E-state index in [1.54, 1.807) is 0 Å². The fourth-order valence-electron chi connectivity index (χ4n) is 2.53. The quantitative estimate of drug-likeness (QED) is 0.685. The Balaban J connectivity index is 2.09. The van der Waals surface area contributed by atoms with Crippen molar-refractivity contribution in [2.24, 2.45) is 10.2 Å². The molecule has 0 radical (unpaired) electrons. The molecule has 0 saturated carbocycles. The summed E-state index contributed by atoms with van der Waals surface area (Å²) >= 11 is 0. The molecule has 1 aromatic heterocycles. The van der Waals surface area contributed by atoms with Crippen LogP contribution < -0.4 is 5.73 Å². The molecule has 5 nitrogen and oxygen atoms in total. The highest BCUT2D eigenvalue weighted by molar-refractivity contribution is 5.74. The number of anilines is 1. The van der Waals surface area contributed by atoms with Crippen molar-refractivity contribution < 1.29 is 0 Å². The number of nitrogens with two attached hydrogens (primary N) is 1. The van der Waals surface area contributed by atoms with Crippen LogP contribution in [0.4, 0.5) is 17.3 Å². The first-order chi connectivity index (χ1) is 11.5. The van der Waals surface area contributed by atoms with Crippen molar-refractivity contribution in [1.82, 2.24) is 9.97 Å². The Morgan fingerprint density at radius 1 is 0.875 bits per heavy atom. The van der Waals surface area contributed by atoms with Gasteiger partial charge in [-0.25, -0.2) is 9.97 Å². The number of aryl methyl sites for hydroxylation is 3. The fourth-order valence-corrected chi connectivity index (χ4v) is 2.53. The molecule has 0 atom stereocenters. The summed E-state index contributed by atoms with van der Waals surface area (Å²) in [4.78, 5) is 8.59. The number of nitrogen functional groups attached to an aromatic ring is 1. The highest BCUT2D eigenvalue weighted by atomic mass is 15.1. The summed E-state index contributed by atoms with van der Waals surface area (Å²) in [5.74, 6) is 0.233. The zero-order valence-electron chi connectivity index (χ0n) is 14.0. The average Bonchev–Trinajstić information content (AvgIpc) is 2.56. The number of azo groups is 1. The van der Waals surface area contributed by atoms with Gasteiger partial charge in [0.25, 0.3) is 0 Å². The first-order valence-electron chi connectivity index (χ1n) is 7.73. The van der Waals surface area contributed by atoms with Crippen LogP contribution in [0, 0.1) is 20.8 Å². The maximum absolute atomic E-state index is 5.82. The Morgan fingerprint density at radius 3 is 2.33 bits per heavy atom. The van der Waals surface area contributed by atoms with E-state index in [0.29, 0.717) is 17.1 Å². The van der Waals surface area contributed by atoms with Gasteiger partial charge < -0.3 is 5.73 Å². The molecule has 1 heterocycles. The number of nitrogens with zero attached hydrogens (tertiary/aromatic N) is 4. The molecule has 2 N–H and O–H groups in total. The van der Waals surface area contributed by atoms with Gasteiger partial charge >= 0.3 is 0 Å². The van der Waals surface area contributed by atoms with E-state index in [1.165, 1.54) is 5.56 Å². The van der Waals surface area contributed by atoms with Crippen LogP contribution in [0.1, 0.15) is 16.8 Å². The van der Waals surface area contributed by atoms with Gasteiger partial charge in [-0.05, 0) is 32.4 Å². The Bertz CT molecular complexity index is 901. The highest BCUT2D eigenvalue weighted by Crippen LogP contribution is 2.33. The maximum Gasteiger partial charge on any atom is 0.220 e.